The molecule has 3 aromatic rings. The number of nitrogens with one attached hydrogen (secondary N) is 2. The minimum atomic E-state index is -0.0505. The molecule has 1 unspecified atom stereocenters. The van der Waals surface area contributed by atoms with Crippen LogP contribution in [0.2, 0.25) is 0 Å². The molecule has 2 aromatic heterocycles. The number of fused-ring (bicyclic) bond motifs is 1. The molecule has 0 aliphatic carbocycles. The Balaban J connectivity index is 1.97. The lowest BCUT2D eigenvalue weighted by molar-refractivity contribution is 0.701. The van der Waals surface area contributed by atoms with Gasteiger partial charge in [-0.2, -0.15) is 0 Å². The fourth-order valence-electron chi connectivity index (χ4n) is 2.40. The van der Waals surface area contributed by atoms with Crippen LogP contribution in [0.4, 0.5) is 0 Å². The van der Waals surface area contributed by atoms with Crippen LogP contribution in [0.1, 0.15) is 23.0 Å². The lowest BCUT2D eigenvalue weighted by Gasteiger charge is -2.09. The molecule has 4 heteroatoms. The number of para-hydroxylation sites is 1. The number of aryl methyl sites for hydroxylation is 1. The Hall–Kier alpha value is -2.07. The highest BCUT2D eigenvalue weighted by molar-refractivity contribution is 5.84. The Kier molecular flexibility index (Phi) is 2.64. The number of imidazole rings is 1. The van der Waals surface area contributed by atoms with Gasteiger partial charge in [-0.05, 0) is 25.0 Å². The van der Waals surface area contributed by atoms with E-state index in [9.17, 15) is 0 Å². The highest BCUT2D eigenvalue weighted by atomic mass is 14.9. The number of nitrogens with two attached hydrogens (primary N) is 1. The number of hydrogen-bond acceptors (Lipinski definition) is 2. The average Bonchev–Trinajstić information content (AvgIpc) is 2.98. The Morgan fingerprint density at radius 3 is 2.94 bits per heavy atom. The third-order valence-corrected chi connectivity index (χ3v) is 3.37. The second kappa shape index (κ2) is 4.31. The van der Waals surface area contributed by atoms with Crippen LogP contribution in [0.3, 0.4) is 0 Å². The number of rotatable bonds is 3. The molecule has 1 aromatic carbocycles. The van der Waals surface area contributed by atoms with Crippen LogP contribution in [0.25, 0.3) is 10.9 Å². The van der Waals surface area contributed by atoms with E-state index in [0.29, 0.717) is 0 Å². The van der Waals surface area contributed by atoms with Gasteiger partial charge in [-0.3, -0.25) is 0 Å². The fourth-order valence-corrected chi connectivity index (χ4v) is 2.40. The van der Waals surface area contributed by atoms with E-state index in [0.717, 1.165) is 12.1 Å². The zero-order valence-corrected chi connectivity index (χ0v) is 10.3. The van der Waals surface area contributed by atoms with E-state index < -0.39 is 0 Å². The largest absolute Gasteiger partial charge is 0.358 e. The van der Waals surface area contributed by atoms with Crippen LogP contribution in [-0.4, -0.2) is 15.0 Å². The molecule has 0 aliphatic rings. The molecule has 1 atom stereocenters. The van der Waals surface area contributed by atoms with Crippen molar-refractivity contribution in [3.05, 3.63) is 53.7 Å². The smallest absolute Gasteiger partial charge is 0.0922 e. The molecular formula is C14H16N4. The van der Waals surface area contributed by atoms with Crippen LogP contribution in [-0.2, 0) is 6.42 Å². The molecule has 0 saturated heterocycles. The van der Waals surface area contributed by atoms with Crippen LogP contribution in [0, 0.1) is 6.92 Å². The van der Waals surface area contributed by atoms with Crippen LogP contribution < -0.4 is 5.73 Å². The first-order valence-electron chi connectivity index (χ1n) is 6.05. The summed E-state index contributed by atoms with van der Waals surface area (Å²) in [5.74, 6) is 0. The summed E-state index contributed by atoms with van der Waals surface area (Å²) < 4.78 is 0. The fraction of sp³-hybridized carbons (Fsp3) is 0.214. The van der Waals surface area contributed by atoms with Gasteiger partial charge in [0.15, 0.2) is 0 Å². The molecular weight excluding hydrogens is 224 g/mol. The van der Waals surface area contributed by atoms with Crippen molar-refractivity contribution in [1.29, 1.82) is 0 Å². The van der Waals surface area contributed by atoms with E-state index in [2.05, 4.69) is 40.1 Å². The molecule has 4 nitrogen and oxygen atoms in total. The van der Waals surface area contributed by atoms with Gasteiger partial charge in [0.05, 0.1) is 18.1 Å². The summed E-state index contributed by atoms with van der Waals surface area (Å²) in [6.45, 7) is 2.09. The van der Waals surface area contributed by atoms with Gasteiger partial charge in [0.25, 0.3) is 0 Å². The third-order valence-electron chi connectivity index (χ3n) is 3.37. The van der Waals surface area contributed by atoms with Gasteiger partial charge in [-0.15, -0.1) is 0 Å². The summed E-state index contributed by atoms with van der Waals surface area (Å²) in [6, 6.07) is 8.27. The topological polar surface area (TPSA) is 70.5 Å². The number of aromatic amines is 2. The molecule has 3 rings (SSSR count). The van der Waals surface area contributed by atoms with Crippen molar-refractivity contribution in [3.63, 3.8) is 0 Å². The van der Waals surface area contributed by atoms with Gasteiger partial charge in [0.1, 0.15) is 0 Å². The van der Waals surface area contributed by atoms with Gasteiger partial charge in [-0.25, -0.2) is 4.98 Å². The minimum Gasteiger partial charge on any atom is -0.358 e. The Morgan fingerprint density at radius 2 is 2.17 bits per heavy atom. The second-order valence-corrected chi connectivity index (χ2v) is 4.59. The maximum atomic E-state index is 6.21. The van der Waals surface area contributed by atoms with Crippen LogP contribution >= 0.6 is 0 Å². The lowest BCUT2D eigenvalue weighted by Crippen LogP contribution is -2.14. The lowest BCUT2D eigenvalue weighted by atomic mass is 10.0. The van der Waals surface area contributed by atoms with Crippen LogP contribution in [0.5, 0.6) is 0 Å². The normalized spacial score (nSPS) is 13.0. The summed E-state index contributed by atoms with van der Waals surface area (Å²) in [6.07, 6.45) is 4.25. The molecule has 4 N–H and O–H groups in total. The average molecular weight is 240 g/mol. The Labute approximate surface area is 105 Å². The molecule has 18 heavy (non-hydrogen) atoms. The van der Waals surface area contributed by atoms with Crippen molar-refractivity contribution in [1.82, 2.24) is 15.0 Å². The van der Waals surface area contributed by atoms with Crippen molar-refractivity contribution < 1.29 is 0 Å². The summed E-state index contributed by atoms with van der Waals surface area (Å²) in [5, 5.41) is 1.25. The maximum absolute atomic E-state index is 6.21. The third kappa shape index (κ3) is 1.80. The van der Waals surface area contributed by atoms with Crippen molar-refractivity contribution in [2.75, 3.05) is 0 Å². The quantitative estimate of drug-likeness (QED) is 0.658. The molecule has 0 fully saturated rings. The first-order valence-corrected chi connectivity index (χ1v) is 6.05. The van der Waals surface area contributed by atoms with Crippen LogP contribution in [0.15, 0.2) is 36.8 Å². The van der Waals surface area contributed by atoms with Gasteiger partial charge in [-0.1, -0.05) is 18.2 Å². The maximum Gasteiger partial charge on any atom is 0.0922 e. The second-order valence-electron chi connectivity index (χ2n) is 4.59. The molecule has 0 saturated carbocycles. The molecule has 0 amide bonds. The van der Waals surface area contributed by atoms with Gasteiger partial charge in [0.2, 0.25) is 0 Å². The number of aromatic nitrogens is 3. The first kappa shape index (κ1) is 11.0. The molecule has 0 aliphatic heterocycles. The number of nitrogens with zero attached hydrogens (tertiary/aromatic N) is 1. The van der Waals surface area contributed by atoms with Gasteiger partial charge >= 0.3 is 0 Å². The van der Waals surface area contributed by atoms with Crippen molar-refractivity contribution in [2.45, 2.75) is 19.4 Å². The summed E-state index contributed by atoms with van der Waals surface area (Å²) in [7, 11) is 0. The zero-order valence-electron chi connectivity index (χ0n) is 10.3. The van der Waals surface area contributed by atoms with Gasteiger partial charge in [0, 0.05) is 22.8 Å². The summed E-state index contributed by atoms with van der Waals surface area (Å²) in [5.41, 5.74) is 10.8. The SMILES string of the molecule is Cc1[nH]c2ccccc2c1CC(N)c1cnc[nH]1. The van der Waals surface area contributed by atoms with E-state index in [-0.39, 0.29) is 6.04 Å². The van der Waals surface area contributed by atoms with Crippen molar-refractivity contribution >= 4 is 10.9 Å². The van der Waals surface area contributed by atoms with E-state index in [4.69, 9.17) is 5.73 Å². The predicted octanol–water partition coefficient (Wildman–Crippen LogP) is 2.44. The Morgan fingerprint density at radius 1 is 1.33 bits per heavy atom. The number of hydrogen-bond donors (Lipinski definition) is 3. The highest BCUT2D eigenvalue weighted by Gasteiger charge is 2.14. The highest BCUT2D eigenvalue weighted by Crippen LogP contribution is 2.25. The Bertz CT molecular complexity index is 652. The first-order chi connectivity index (χ1) is 8.75. The molecule has 92 valence electrons. The van der Waals surface area contributed by atoms with Crippen molar-refractivity contribution in [3.8, 4) is 0 Å². The molecule has 2 heterocycles. The van der Waals surface area contributed by atoms with E-state index in [1.807, 2.05) is 6.07 Å². The summed E-state index contributed by atoms with van der Waals surface area (Å²) >= 11 is 0. The van der Waals surface area contributed by atoms with E-state index in [1.54, 1.807) is 12.5 Å². The number of benzene rings is 1. The van der Waals surface area contributed by atoms with Crippen molar-refractivity contribution in [2.24, 2.45) is 5.73 Å². The zero-order chi connectivity index (χ0) is 12.5. The minimum absolute atomic E-state index is 0.0505. The predicted molar refractivity (Wildman–Crippen MR) is 72.3 cm³/mol. The summed E-state index contributed by atoms with van der Waals surface area (Å²) in [4.78, 5) is 10.5. The standard InChI is InChI=1S/C14H16N4/c1-9-11(6-12(15)14-7-16-8-17-14)10-4-2-3-5-13(10)18-9/h2-5,7-8,12,18H,6,15H2,1H3,(H,16,17). The molecule has 0 radical (unpaired) electrons. The number of H-pyrrole nitrogens is 2. The van der Waals surface area contributed by atoms with E-state index >= 15 is 0 Å². The molecule has 0 bridgehead atoms. The van der Waals surface area contributed by atoms with E-state index in [1.165, 1.54) is 22.2 Å². The van der Waals surface area contributed by atoms with Gasteiger partial charge < -0.3 is 15.7 Å². The monoisotopic (exact) mass is 240 g/mol. The molecule has 0 spiro atoms.